The van der Waals surface area contributed by atoms with Crippen LogP contribution in [0, 0.1) is 13.8 Å². The molecule has 220 valence electrons. The third kappa shape index (κ3) is 7.86. The summed E-state index contributed by atoms with van der Waals surface area (Å²) in [4.78, 5) is 18.0. The number of hydrogen-bond acceptors (Lipinski definition) is 8. The van der Waals surface area contributed by atoms with Gasteiger partial charge in [0.2, 0.25) is 0 Å². The molecule has 0 saturated carbocycles. The van der Waals surface area contributed by atoms with Crippen molar-refractivity contribution in [2.75, 3.05) is 40.6 Å². The first-order chi connectivity index (χ1) is 20.0. The molecule has 0 atom stereocenters. The molecular formula is C33H37ClN4O4. The van der Waals surface area contributed by atoms with E-state index in [1.54, 1.807) is 26.6 Å². The van der Waals surface area contributed by atoms with Crippen LogP contribution in [0.15, 0.2) is 73.1 Å². The number of aliphatic hydroxyl groups excluding tert-OH is 1. The Morgan fingerprint density at radius 2 is 1.24 bits per heavy atom. The molecule has 0 aliphatic rings. The highest BCUT2D eigenvalue weighted by Crippen LogP contribution is 2.30. The molecule has 1 N–H and O–H groups in total. The molecule has 4 aromatic heterocycles. The molecule has 0 bridgehead atoms. The molecule has 0 amide bonds. The van der Waals surface area contributed by atoms with E-state index in [4.69, 9.17) is 26.2 Å². The maximum Gasteiger partial charge on any atom is 0.130 e. The predicted molar refractivity (Wildman–Crippen MR) is 172 cm³/mol. The molecule has 0 unspecified atom stereocenters. The maximum absolute atomic E-state index is 7.94. The fourth-order valence-electron chi connectivity index (χ4n) is 4.27. The highest BCUT2D eigenvalue weighted by molar-refractivity contribution is 6.36. The average molecular weight is 589 g/mol. The van der Waals surface area contributed by atoms with Gasteiger partial charge in [-0.05, 0) is 38.1 Å². The van der Waals surface area contributed by atoms with Gasteiger partial charge in [0.15, 0.2) is 0 Å². The summed E-state index contributed by atoms with van der Waals surface area (Å²) in [7, 11) is 3.22. The minimum absolute atomic E-state index is 0. The van der Waals surface area contributed by atoms with Crippen molar-refractivity contribution < 1.29 is 19.3 Å². The number of aliphatic hydroxyl groups is 1. The minimum atomic E-state index is 0. The lowest BCUT2D eigenvalue weighted by atomic mass is 10.1. The summed E-state index contributed by atoms with van der Waals surface area (Å²) in [6, 6.07) is 19.8. The number of halogens is 1. The van der Waals surface area contributed by atoms with E-state index in [-0.39, 0.29) is 14.0 Å². The molecule has 0 saturated heterocycles. The van der Waals surface area contributed by atoms with Crippen LogP contribution in [0.25, 0.3) is 43.6 Å². The van der Waals surface area contributed by atoms with Gasteiger partial charge in [-0.15, -0.1) is 0 Å². The van der Waals surface area contributed by atoms with Crippen LogP contribution in [-0.4, -0.2) is 65.7 Å². The maximum atomic E-state index is 7.94. The van der Waals surface area contributed by atoms with Crippen molar-refractivity contribution in [1.29, 1.82) is 0 Å². The lowest BCUT2D eigenvalue weighted by molar-refractivity contribution is 0.135. The van der Waals surface area contributed by atoms with Gasteiger partial charge in [0.1, 0.15) is 17.9 Å². The number of fused-ring (bicyclic) bond motifs is 6. The smallest absolute Gasteiger partial charge is 0.130 e. The number of aromatic nitrogens is 4. The van der Waals surface area contributed by atoms with E-state index in [1.807, 2.05) is 74.5 Å². The van der Waals surface area contributed by atoms with Crippen molar-refractivity contribution in [3.05, 3.63) is 89.5 Å². The summed E-state index contributed by atoms with van der Waals surface area (Å²) in [5, 5.41) is 12.8. The van der Waals surface area contributed by atoms with Gasteiger partial charge in [0.25, 0.3) is 0 Å². The van der Waals surface area contributed by atoms with E-state index in [9.17, 15) is 0 Å². The molecule has 42 heavy (non-hydrogen) atoms. The van der Waals surface area contributed by atoms with E-state index >= 15 is 0 Å². The quantitative estimate of drug-likeness (QED) is 0.162. The van der Waals surface area contributed by atoms with Crippen LogP contribution in [0.4, 0.5) is 0 Å². The summed E-state index contributed by atoms with van der Waals surface area (Å²) < 4.78 is 15.3. The van der Waals surface area contributed by atoms with Crippen LogP contribution in [0.5, 0.6) is 5.75 Å². The van der Waals surface area contributed by atoms with Gasteiger partial charge >= 0.3 is 0 Å². The van der Waals surface area contributed by atoms with Crippen LogP contribution in [0.3, 0.4) is 0 Å². The Morgan fingerprint density at radius 1 is 0.690 bits per heavy atom. The Bertz CT molecular complexity index is 1760. The first kappa shape index (κ1) is 32.6. The first-order valence-corrected chi connectivity index (χ1v) is 13.5. The van der Waals surface area contributed by atoms with Gasteiger partial charge in [-0.2, -0.15) is 0 Å². The molecule has 9 heteroatoms. The number of rotatable bonds is 6. The topological polar surface area (TPSA) is 99.5 Å². The Hall–Kier alpha value is -3.95. The fraction of sp³-hybridized carbons (Fsp3) is 0.273. The molecule has 6 aromatic rings. The number of pyridine rings is 4. The molecule has 4 heterocycles. The second-order valence-corrected chi connectivity index (χ2v) is 9.55. The SMILES string of the molecule is C.COCCO.COCCOc1cc(C)nc2c1ccc1cccnc12.Cc1cc(Cl)c2ccc3cccnc3c2n1. The molecule has 8 nitrogen and oxygen atoms in total. The van der Waals surface area contributed by atoms with Crippen molar-refractivity contribution >= 4 is 55.2 Å². The second kappa shape index (κ2) is 15.9. The zero-order valence-electron chi connectivity index (χ0n) is 23.6. The lowest BCUT2D eigenvalue weighted by Gasteiger charge is -2.11. The van der Waals surface area contributed by atoms with E-state index in [2.05, 4.69) is 24.7 Å². The zero-order chi connectivity index (χ0) is 29.2. The van der Waals surface area contributed by atoms with Gasteiger partial charge in [0, 0.05) is 65.6 Å². The number of ether oxygens (including phenoxy) is 3. The number of nitrogens with zero attached hydrogens (tertiary/aromatic N) is 4. The zero-order valence-corrected chi connectivity index (χ0v) is 24.4. The molecular weight excluding hydrogens is 552 g/mol. The summed E-state index contributed by atoms with van der Waals surface area (Å²) in [5.74, 6) is 0.831. The second-order valence-electron chi connectivity index (χ2n) is 9.14. The molecule has 6 rings (SSSR count). The van der Waals surface area contributed by atoms with Crippen LogP contribution in [-0.2, 0) is 9.47 Å². The van der Waals surface area contributed by atoms with Crippen LogP contribution in [0.2, 0.25) is 5.02 Å². The first-order valence-electron chi connectivity index (χ1n) is 13.1. The van der Waals surface area contributed by atoms with Gasteiger partial charge in [-0.1, -0.05) is 49.4 Å². The molecule has 0 fully saturated rings. The van der Waals surface area contributed by atoms with Gasteiger partial charge in [-0.25, -0.2) is 0 Å². The van der Waals surface area contributed by atoms with Crippen molar-refractivity contribution in [1.82, 2.24) is 19.9 Å². The van der Waals surface area contributed by atoms with Crippen molar-refractivity contribution in [3.63, 3.8) is 0 Å². The highest BCUT2D eigenvalue weighted by atomic mass is 35.5. The normalized spacial score (nSPS) is 10.5. The standard InChI is InChI=1S/C16H16N2O2.C13H9ClN2.C3H8O2.CH4/c1-11-10-14(20-9-8-19-2)13-6-5-12-4-3-7-17-15(12)16(13)18-11;1-8-7-11(14)10-5-4-9-3-2-6-15-12(9)13(10)16-8;1-5-3-2-4;/h3-7,10H,8-9H2,1-2H3;2-7H,1H3;4H,2-3H2,1H3;1H4. The van der Waals surface area contributed by atoms with Crippen molar-refractivity contribution in [3.8, 4) is 5.75 Å². The Labute approximate surface area is 251 Å². The molecule has 2 aromatic carbocycles. The average Bonchev–Trinajstić information content (AvgIpc) is 2.98. The van der Waals surface area contributed by atoms with E-state index in [1.165, 1.54) is 0 Å². The van der Waals surface area contributed by atoms with Crippen LogP contribution < -0.4 is 4.74 Å². The van der Waals surface area contributed by atoms with Crippen LogP contribution in [0.1, 0.15) is 18.8 Å². The van der Waals surface area contributed by atoms with Crippen molar-refractivity contribution in [2.45, 2.75) is 21.3 Å². The fourth-order valence-corrected chi connectivity index (χ4v) is 4.58. The minimum Gasteiger partial charge on any atom is -0.490 e. The van der Waals surface area contributed by atoms with Crippen molar-refractivity contribution in [2.24, 2.45) is 0 Å². The highest BCUT2D eigenvalue weighted by Gasteiger charge is 2.10. The molecule has 0 aliphatic carbocycles. The van der Waals surface area contributed by atoms with Gasteiger partial charge in [-0.3, -0.25) is 19.9 Å². The Kier molecular flexibility index (Phi) is 12.3. The van der Waals surface area contributed by atoms with Gasteiger partial charge < -0.3 is 19.3 Å². The molecule has 0 aliphatic heterocycles. The summed E-state index contributed by atoms with van der Waals surface area (Å²) in [6.45, 7) is 5.55. The predicted octanol–water partition coefficient (Wildman–Crippen LogP) is 7.12. The van der Waals surface area contributed by atoms with E-state index in [0.29, 0.717) is 19.8 Å². The number of benzene rings is 2. The summed E-state index contributed by atoms with van der Waals surface area (Å²) in [6.07, 6.45) is 3.57. The lowest BCUT2D eigenvalue weighted by Crippen LogP contribution is -2.05. The molecule has 0 spiro atoms. The van der Waals surface area contributed by atoms with Crippen LogP contribution >= 0.6 is 11.6 Å². The number of aryl methyl sites for hydroxylation is 2. The van der Waals surface area contributed by atoms with E-state index < -0.39 is 0 Å². The molecule has 0 radical (unpaired) electrons. The Morgan fingerprint density at radius 3 is 1.79 bits per heavy atom. The number of methoxy groups -OCH3 is 2. The monoisotopic (exact) mass is 588 g/mol. The largest absolute Gasteiger partial charge is 0.490 e. The Balaban J connectivity index is 0.000000198. The summed E-state index contributed by atoms with van der Waals surface area (Å²) >= 11 is 6.19. The summed E-state index contributed by atoms with van der Waals surface area (Å²) in [5.41, 5.74) is 5.41. The van der Waals surface area contributed by atoms with Gasteiger partial charge in [0.05, 0.1) is 41.4 Å². The number of hydrogen-bond donors (Lipinski definition) is 1. The third-order valence-electron chi connectivity index (χ3n) is 6.11. The van der Waals surface area contributed by atoms with E-state index in [0.717, 1.165) is 65.8 Å². The third-order valence-corrected chi connectivity index (χ3v) is 6.42.